The van der Waals surface area contributed by atoms with Gasteiger partial charge in [-0.25, -0.2) is 4.98 Å². The molecule has 2 nitrogen and oxygen atoms in total. The highest BCUT2D eigenvalue weighted by atomic mass is 32.1. The first-order valence-corrected chi connectivity index (χ1v) is 6.85. The Labute approximate surface area is 95.9 Å². The predicted octanol–water partition coefficient (Wildman–Crippen LogP) is 3.21. The molecule has 1 aliphatic carbocycles. The number of thiazole rings is 1. The minimum Gasteiger partial charge on any atom is -0.325 e. The number of aromatic nitrogens is 1. The third-order valence-corrected chi connectivity index (χ3v) is 4.50. The maximum atomic E-state index is 5.66. The standard InChI is InChI=1S/C12H20N2S/c1-2-10-12(14-11(8-13)15-10)9-6-4-3-5-7-9/h9H,2-8,13H2,1H3. The zero-order valence-electron chi connectivity index (χ0n) is 9.46. The molecule has 0 saturated heterocycles. The van der Waals surface area contributed by atoms with Crippen molar-refractivity contribution in [1.82, 2.24) is 4.98 Å². The van der Waals surface area contributed by atoms with Crippen LogP contribution in [0.4, 0.5) is 0 Å². The Morgan fingerprint density at radius 1 is 1.33 bits per heavy atom. The highest BCUT2D eigenvalue weighted by Gasteiger charge is 2.21. The van der Waals surface area contributed by atoms with E-state index in [0.717, 1.165) is 17.3 Å². The maximum Gasteiger partial charge on any atom is 0.107 e. The van der Waals surface area contributed by atoms with Gasteiger partial charge in [-0.2, -0.15) is 0 Å². The highest BCUT2D eigenvalue weighted by molar-refractivity contribution is 7.11. The van der Waals surface area contributed by atoms with Crippen LogP contribution in [-0.2, 0) is 13.0 Å². The van der Waals surface area contributed by atoms with Crippen LogP contribution in [-0.4, -0.2) is 4.98 Å². The van der Waals surface area contributed by atoms with Crippen molar-refractivity contribution >= 4 is 11.3 Å². The van der Waals surface area contributed by atoms with Crippen LogP contribution < -0.4 is 5.73 Å². The van der Waals surface area contributed by atoms with Crippen LogP contribution in [0, 0.1) is 0 Å². The Kier molecular flexibility index (Phi) is 3.76. The molecule has 15 heavy (non-hydrogen) atoms. The van der Waals surface area contributed by atoms with Gasteiger partial charge in [0, 0.05) is 17.3 Å². The van der Waals surface area contributed by atoms with Crippen molar-refractivity contribution in [2.45, 2.75) is 57.9 Å². The quantitative estimate of drug-likeness (QED) is 0.856. The Morgan fingerprint density at radius 3 is 2.67 bits per heavy atom. The van der Waals surface area contributed by atoms with Gasteiger partial charge in [0.25, 0.3) is 0 Å². The fourth-order valence-electron chi connectivity index (χ4n) is 2.45. The summed E-state index contributed by atoms with van der Waals surface area (Å²) in [5, 5.41) is 1.12. The number of hydrogen-bond acceptors (Lipinski definition) is 3. The second-order valence-electron chi connectivity index (χ2n) is 4.31. The Morgan fingerprint density at radius 2 is 2.07 bits per heavy atom. The van der Waals surface area contributed by atoms with E-state index in [2.05, 4.69) is 6.92 Å². The fraction of sp³-hybridized carbons (Fsp3) is 0.750. The van der Waals surface area contributed by atoms with Gasteiger partial charge in [0.15, 0.2) is 0 Å². The summed E-state index contributed by atoms with van der Waals surface area (Å²) in [6.45, 7) is 2.82. The van der Waals surface area contributed by atoms with Gasteiger partial charge < -0.3 is 5.73 Å². The minimum absolute atomic E-state index is 0.602. The van der Waals surface area contributed by atoms with Crippen LogP contribution in [0.5, 0.6) is 0 Å². The van der Waals surface area contributed by atoms with Gasteiger partial charge in [-0.3, -0.25) is 0 Å². The highest BCUT2D eigenvalue weighted by Crippen LogP contribution is 2.36. The van der Waals surface area contributed by atoms with Crippen LogP contribution >= 0.6 is 11.3 Å². The SMILES string of the molecule is CCc1sc(CN)nc1C1CCCCC1. The van der Waals surface area contributed by atoms with Crippen LogP contribution in [0.25, 0.3) is 0 Å². The number of nitrogens with zero attached hydrogens (tertiary/aromatic N) is 1. The van der Waals surface area contributed by atoms with E-state index < -0.39 is 0 Å². The molecule has 1 aliphatic rings. The molecule has 0 aromatic carbocycles. The van der Waals surface area contributed by atoms with Crippen molar-refractivity contribution in [3.8, 4) is 0 Å². The lowest BCUT2D eigenvalue weighted by molar-refractivity contribution is 0.435. The summed E-state index contributed by atoms with van der Waals surface area (Å²) < 4.78 is 0. The van der Waals surface area contributed by atoms with E-state index in [1.807, 2.05) is 11.3 Å². The number of nitrogens with two attached hydrogens (primary N) is 1. The molecular weight excluding hydrogens is 204 g/mol. The van der Waals surface area contributed by atoms with E-state index in [1.54, 1.807) is 0 Å². The first-order valence-electron chi connectivity index (χ1n) is 6.03. The maximum absolute atomic E-state index is 5.66. The second kappa shape index (κ2) is 5.08. The Bertz CT molecular complexity index is 313. The third-order valence-electron chi connectivity index (χ3n) is 3.26. The topological polar surface area (TPSA) is 38.9 Å². The van der Waals surface area contributed by atoms with Crippen LogP contribution in [0.1, 0.15) is 60.5 Å². The molecule has 0 aliphatic heterocycles. The van der Waals surface area contributed by atoms with Gasteiger partial charge in [0.05, 0.1) is 5.69 Å². The molecule has 1 aromatic heterocycles. The summed E-state index contributed by atoms with van der Waals surface area (Å²) in [6, 6.07) is 0. The summed E-state index contributed by atoms with van der Waals surface area (Å²) >= 11 is 1.82. The van der Waals surface area contributed by atoms with E-state index in [0.29, 0.717) is 6.54 Å². The van der Waals surface area contributed by atoms with Crippen molar-refractivity contribution in [2.75, 3.05) is 0 Å². The molecule has 1 aromatic rings. The average Bonchev–Trinajstić information content (AvgIpc) is 2.73. The van der Waals surface area contributed by atoms with E-state index in [-0.39, 0.29) is 0 Å². The van der Waals surface area contributed by atoms with E-state index in [1.165, 1.54) is 42.7 Å². The van der Waals surface area contributed by atoms with Gasteiger partial charge in [0.2, 0.25) is 0 Å². The minimum atomic E-state index is 0.602. The first kappa shape index (κ1) is 11.1. The van der Waals surface area contributed by atoms with E-state index in [4.69, 9.17) is 10.7 Å². The molecule has 84 valence electrons. The van der Waals surface area contributed by atoms with Crippen molar-refractivity contribution in [3.63, 3.8) is 0 Å². The van der Waals surface area contributed by atoms with Crippen molar-refractivity contribution < 1.29 is 0 Å². The normalized spacial score (nSPS) is 18.3. The summed E-state index contributed by atoms with van der Waals surface area (Å²) in [5.41, 5.74) is 7.04. The van der Waals surface area contributed by atoms with Gasteiger partial charge >= 0.3 is 0 Å². The molecule has 0 atom stereocenters. The lowest BCUT2D eigenvalue weighted by Gasteiger charge is -2.20. The molecule has 0 spiro atoms. The molecule has 0 bridgehead atoms. The monoisotopic (exact) mass is 224 g/mol. The van der Waals surface area contributed by atoms with Gasteiger partial charge in [0.1, 0.15) is 5.01 Å². The Hall–Kier alpha value is -0.410. The lowest BCUT2D eigenvalue weighted by atomic mass is 9.86. The molecule has 1 heterocycles. The van der Waals surface area contributed by atoms with Crippen molar-refractivity contribution in [2.24, 2.45) is 5.73 Å². The zero-order valence-corrected chi connectivity index (χ0v) is 10.3. The molecule has 0 radical (unpaired) electrons. The average molecular weight is 224 g/mol. The molecule has 0 amide bonds. The molecule has 3 heteroatoms. The lowest BCUT2D eigenvalue weighted by Crippen LogP contribution is -2.07. The van der Waals surface area contributed by atoms with Gasteiger partial charge in [-0.05, 0) is 19.3 Å². The predicted molar refractivity (Wildman–Crippen MR) is 65.2 cm³/mol. The van der Waals surface area contributed by atoms with Crippen molar-refractivity contribution in [3.05, 3.63) is 15.6 Å². The zero-order chi connectivity index (χ0) is 10.7. The number of aryl methyl sites for hydroxylation is 1. The molecular formula is C12H20N2S. The number of rotatable bonds is 3. The molecule has 2 N–H and O–H groups in total. The second-order valence-corrected chi connectivity index (χ2v) is 5.48. The molecule has 1 saturated carbocycles. The van der Waals surface area contributed by atoms with Crippen LogP contribution in [0.3, 0.4) is 0 Å². The van der Waals surface area contributed by atoms with Crippen LogP contribution in [0.15, 0.2) is 0 Å². The first-order chi connectivity index (χ1) is 7.35. The smallest absolute Gasteiger partial charge is 0.107 e. The number of hydrogen-bond donors (Lipinski definition) is 1. The van der Waals surface area contributed by atoms with Gasteiger partial charge in [-0.1, -0.05) is 26.2 Å². The van der Waals surface area contributed by atoms with E-state index >= 15 is 0 Å². The third kappa shape index (κ3) is 2.40. The largest absolute Gasteiger partial charge is 0.325 e. The Balaban J connectivity index is 2.20. The van der Waals surface area contributed by atoms with Crippen LogP contribution in [0.2, 0.25) is 0 Å². The summed E-state index contributed by atoms with van der Waals surface area (Å²) in [5.74, 6) is 0.727. The molecule has 1 fully saturated rings. The fourth-order valence-corrected chi connectivity index (χ4v) is 3.42. The summed E-state index contributed by atoms with van der Waals surface area (Å²) in [7, 11) is 0. The van der Waals surface area contributed by atoms with Gasteiger partial charge in [-0.15, -0.1) is 11.3 Å². The molecule has 2 rings (SSSR count). The summed E-state index contributed by atoms with van der Waals surface area (Å²) in [4.78, 5) is 6.19. The molecule has 0 unspecified atom stereocenters. The summed E-state index contributed by atoms with van der Waals surface area (Å²) in [6.07, 6.45) is 7.95. The van der Waals surface area contributed by atoms with E-state index in [9.17, 15) is 0 Å². The van der Waals surface area contributed by atoms with Crippen molar-refractivity contribution in [1.29, 1.82) is 0 Å².